The lowest BCUT2D eigenvalue weighted by molar-refractivity contribution is 0.185. The van der Waals surface area contributed by atoms with Crippen LogP contribution in [-0.2, 0) is 11.3 Å². The topological polar surface area (TPSA) is 70.6 Å². The van der Waals surface area contributed by atoms with Gasteiger partial charge in [0.2, 0.25) is 0 Å². The number of anilines is 1. The van der Waals surface area contributed by atoms with Crippen molar-refractivity contribution in [3.8, 4) is 0 Å². The van der Waals surface area contributed by atoms with Gasteiger partial charge in [-0.05, 0) is 25.8 Å². The Morgan fingerprint density at radius 3 is 2.70 bits per heavy atom. The van der Waals surface area contributed by atoms with Crippen LogP contribution in [0.15, 0.2) is 24.3 Å². The number of aliphatic hydroxyl groups is 1. The lowest BCUT2D eigenvalue weighted by Crippen LogP contribution is -2.48. The van der Waals surface area contributed by atoms with Gasteiger partial charge in [-0.2, -0.15) is 0 Å². The van der Waals surface area contributed by atoms with Gasteiger partial charge in [-0.25, -0.2) is 4.79 Å². The average Bonchev–Trinajstić information content (AvgIpc) is 2.41. The first-order valence-electron chi connectivity index (χ1n) is 6.81. The van der Waals surface area contributed by atoms with Crippen LogP contribution in [0, 0.1) is 0 Å². The smallest absolute Gasteiger partial charge is 0.319 e. The average molecular weight is 280 g/mol. The van der Waals surface area contributed by atoms with E-state index in [9.17, 15) is 4.79 Å². The van der Waals surface area contributed by atoms with Crippen molar-refractivity contribution in [3.63, 3.8) is 0 Å². The van der Waals surface area contributed by atoms with E-state index in [1.165, 1.54) is 0 Å². The van der Waals surface area contributed by atoms with E-state index in [0.29, 0.717) is 13.0 Å². The molecule has 0 saturated heterocycles. The molecule has 1 atom stereocenters. The fourth-order valence-electron chi connectivity index (χ4n) is 1.93. The summed E-state index contributed by atoms with van der Waals surface area (Å²) in [6, 6.07) is 7.24. The quantitative estimate of drug-likeness (QED) is 0.718. The molecule has 0 aliphatic heterocycles. The molecule has 0 aliphatic rings. The monoisotopic (exact) mass is 280 g/mol. The maximum absolute atomic E-state index is 12.1. The Kier molecular flexibility index (Phi) is 6.48. The molecule has 0 bridgehead atoms. The third kappa shape index (κ3) is 4.83. The number of benzene rings is 1. The minimum absolute atomic E-state index is 0.0465. The van der Waals surface area contributed by atoms with Crippen LogP contribution in [0.5, 0.6) is 0 Å². The summed E-state index contributed by atoms with van der Waals surface area (Å²) in [5.74, 6) is 0. The van der Waals surface area contributed by atoms with Crippen LogP contribution in [-0.4, -0.2) is 30.4 Å². The highest BCUT2D eigenvalue weighted by Crippen LogP contribution is 2.17. The molecule has 112 valence electrons. The van der Waals surface area contributed by atoms with Gasteiger partial charge in [0.05, 0.1) is 6.61 Å². The minimum Gasteiger partial charge on any atom is -0.396 e. The lowest BCUT2D eigenvalue weighted by atomic mass is 9.95. The molecule has 2 amide bonds. The highest BCUT2D eigenvalue weighted by Gasteiger charge is 2.23. The molecule has 0 fully saturated rings. The van der Waals surface area contributed by atoms with Crippen LogP contribution in [0.2, 0.25) is 0 Å². The van der Waals surface area contributed by atoms with Crippen molar-refractivity contribution < 1.29 is 14.6 Å². The molecule has 1 aromatic rings. The Hall–Kier alpha value is -1.59. The zero-order valence-corrected chi connectivity index (χ0v) is 12.4. The van der Waals surface area contributed by atoms with E-state index >= 15 is 0 Å². The molecule has 0 radical (unpaired) electrons. The molecule has 0 aromatic heterocycles. The standard InChI is InChI=1S/C15H24N2O3/c1-4-15(2,9-10-18)17-14(19)16-13-8-6-5-7-12(13)11-20-3/h5-8,18H,4,9-11H2,1-3H3,(H2,16,17,19). The number of rotatable bonds is 7. The molecular formula is C15H24N2O3. The van der Waals surface area contributed by atoms with Crippen LogP contribution < -0.4 is 10.6 Å². The van der Waals surface area contributed by atoms with E-state index in [2.05, 4.69) is 10.6 Å². The maximum Gasteiger partial charge on any atom is 0.319 e. The number of hydrogen-bond donors (Lipinski definition) is 3. The zero-order chi connectivity index (χ0) is 15.0. The fourth-order valence-corrected chi connectivity index (χ4v) is 1.93. The normalized spacial score (nSPS) is 13.6. The van der Waals surface area contributed by atoms with Gasteiger partial charge < -0.3 is 20.5 Å². The predicted octanol–water partition coefficient (Wildman–Crippen LogP) is 2.51. The third-order valence-corrected chi connectivity index (χ3v) is 3.42. The van der Waals surface area contributed by atoms with Crippen LogP contribution in [0.4, 0.5) is 10.5 Å². The molecule has 1 unspecified atom stereocenters. The van der Waals surface area contributed by atoms with Crippen LogP contribution in [0.25, 0.3) is 0 Å². The van der Waals surface area contributed by atoms with Gasteiger partial charge in [0.1, 0.15) is 0 Å². The first kappa shape index (κ1) is 16.5. The van der Waals surface area contributed by atoms with E-state index < -0.39 is 5.54 Å². The van der Waals surface area contributed by atoms with Crippen LogP contribution in [0.1, 0.15) is 32.3 Å². The first-order chi connectivity index (χ1) is 9.54. The highest BCUT2D eigenvalue weighted by molar-refractivity contribution is 5.90. The summed E-state index contributed by atoms with van der Waals surface area (Å²) >= 11 is 0. The molecule has 3 N–H and O–H groups in total. The Balaban J connectivity index is 2.71. The second-order valence-electron chi connectivity index (χ2n) is 5.06. The summed E-state index contributed by atoms with van der Waals surface area (Å²) in [6.45, 7) is 4.39. The molecule has 0 aliphatic carbocycles. The lowest BCUT2D eigenvalue weighted by Gasteiger charge is -2.29. The number of hydrogen-bond acceptors (Lipinski definition) is 3. The summed E-state index contributed by atoms with van der Waals surface area (Å²) in [6.07, 6.45) is 1.28. The summed E-state index contributed by atoms with van der Waals surface area (Å²) in [7, 11) is 1.62. The van der Waals surface area contributed by atoms with Gasteiger partial charge in [-0.15, -0.1) is 0 Å². The molecule has 1 rings (SSSR count). The van der Waals surface area contributed by atoms with Crippen molar-refractivity contribution in [1.29, 1.82) is 0 Å². The van der Waals surface area contributed by atoms with Gasteiger partial charge in [0, 0.05) is 30.5 Å². The van der Waals surface area contributed by atoms with Gasteiger partial charge in [-0.3, -0.25) is 0 Å². The van der Waals surface area contributed by atoms with E-state index in [-0.39, 0.29) is 12.6 Å². The summed E-state index contributed by atoms with van der Waals surface area (Å²) in [4.78, 5) is 12.1. The van der Waals surface area contributed by atoms with Crippen molar-refractivity contribution in [2.75, 3.05) is 19.0 Å². The Labute approximate surface area is 120 Å². The van der Waals surface area contributed by atoms with Crippen molar-refractivity contribution >= 4 is 11.7 Å². The fraction of sp³-hybridized carbons (Fsp3) is 0.533. The number of ether oxygens (including phenoxy) is 1. The minimum atomic E-state index is -0.408. The number of methoxy groups -OCH3 is 1. The first-order valence-corrected chi connectivity index (χ1v) is 6.81. The van der Waals surface area contributed by atoms with E-state index in [4.69, 9.17) is 9.84 Å². The van der Waals surface area contributed by atoms with E-state index in [0.717, 1.165) is 17.7 Å². The Morgan fingerprint density at radius 2 is 2.10 bits per heavy atom. The molecule has 20 heavy (non-hydrogen) atoms. The molecule has 5 nitrogen and oxygen atoms in total. The van der Waals surface area contributed by atoms with Gasteiger partial charge in [0.15, 0.2) is 0 Å². The SMILES string of the molecule is CCC(C)(CCO)NC(=O)Nc1ccccc1COC. The molecule has 0 saturated carbocycles. The molecule has 0 heterocycles. The molecule has 5 heteroatoms. The summed E-state index contributed by atoms with van der Waals surface area (Å²) in [5.41, 5.74) is 1.24. The second kappa shape index (κ2) is 7.87. The van der Waals surface area contributed by atoms with Crippen molar-refractivity contribution in [1.82, 2.24) is 5.32 Å². The van der Waals surface area contributed by atoms with Crippen molar-refractivity contribution in [3.05, 3.63) is 29.8 Å². The number of carbonyl (C=O) groups is 1. The number of amides is 2. The maximum atomic E-state index is 12.1. The summed E-state index contributed by atoms with van der Waals surface area (Å²) < 4.78 is 5.11. The van der Waals surface area contributed by atoms with E-state index in [1.807, 2.05) is 38.1 Å². The van der Waals surface area contributed by atoms with Crippen LogP contribution in [0.3, 0.4) is 0 Å². The largest absolute Gasteiger partial charge is 0.396 e. The number of urea groups is 1. The van der Waals surface area contributed by atoms with Crippen molar-refractivity contribution in [2.45, 2.75) is 38.8 Å². The van der Waals surface area contributed by atoms with Gasteiger partial charge >= 0.3 is 6.03 Å². The van der Waals surface area contributed by atoms with Gasteiger partial charge in [-0.1, -0.05) is 25.1 Å². The number of aliphatic hydroxyl groups excluding tert-OH is 1. The molecule has 0 spiro atoms. The Morgan fingerprint density at radius 1 is 1.40 bits per heavy atom. The molecule has 1 aromatic carbocycles. The number of carbonyl (C=O) groups excluding carboxylic acids is 1. The Bertz CT molecular complexity index is 437. The van der Waals surface area contributed by atoms with Crippen LogP contribution >= 0.6 is 0 Å². The third-order valence-electron chi connectivity index (χ3n) is 3.42. The number of nitrogens with one attached hydrogen (secondary N) is 2. The predicted molar refractivity (Wildman–Crippen MR) is 79.7 cm³/mol. The zero-order valence-electron chi connectivity index (χ0n) is 12.4. The number of para-hydroxylation sites is 1. The molecular weight excluding hydrogens is 256 g/mol. The van der Waals surface area contributed by atoms with Crippen molar-refractivity contribution in [2.24, 2.45) is 0 Å². The van der Waals surface area contributed by atoms with Gasteiger partial charge in [0.25, 0.3) is 0 Å². The van der Waals surface area contributed by atoms with E-state index in [1.54, 1.807) is 7.11 Å². The second-order valence-corrected chi connectivity index (χ2v) is 5.06. The highest BCUT2D eigenvalue weighted by atomic mass is 16.5. The summed E-state index contributed by atoms with van der Waals surface area (Å²) in [5, 5.41) is 14.8.